The second kappa shape index (κ2) is 6.09. The maximum absolute atomic E-state index is 11.8. The lowest BCUT2D eigenvalue weighted by atomic mass is 10.2. The fraction of sp³-hybridized carbons (Fsp3) is 0.0625. The summed E-state index contributed by atoms with van der Waals surface area (Å²) in [7, 11) is 0. The monoisotopic (exact) mass is 296 g/mol. The Morgan fingerprint density at radius 3 is 2.73 bits per heavy atom. The van der Waals surface area contributed by atoms with E-state index in [-0.39, 0.29) is 17.7 Å². The molecule has 0 saturated carbocycles. The predicted molar refractivity (Wildman–Crippen MR) is 78.1 cm³/mol. The molecule has 0 spiro atoms. The SMILES string of the molecule is O=C(OCc1cc(-c2ccccc2)on1)c1ccc(=O)[nH]c1. The fourth-order valence-electron chi connectivity index (χ4n) is 1.88. The first-order valence-electron chi connectivity index (χ1n) is 6.59. The number of carbonyl (C=O) groups excluding carboxylic acids is 1. The minimum atomic E-state index is -0.541. The molecule has 6 heteroatoms. The van der Waals surface area contributed by atoms with Gasteiger partial charge in [0.1, 0.15) is 12.3 Å². The molecule has 0 amide bonds. The van der Waals surface area contributed by atoms with E-state index in [1.807, 2.05) is 30.3 Å². The molecule has 0 unspecified atom stereocenters. The van der Waals surface area contributed by atoms with E-state index in [9.17, 15) is 9.59 Å². The molecule has 3 aromatic rings. The van der Waals surface area contributed by atoms with Crippen LogP contribution in [0.4, 0.5) is 0 Å². The zero-order chi connectivity index (χ0) is 15.4. The van der Waals surface area contributed by atoms with Gasteiger partial charge in [-0.3, -0.25) is 4.79 Å². The van der Waals surface area contributed by atoms with Crippen LogP contribution in [0, 0.1) is 0 Å². The van der Waals surface area contributed by atoms with Crippen molar-refractivity contribution in [1.82, 2.24) is 10.1 Å². The number of aromatic nitrogens is 2. The first-order valence-corrected chi connectivity index (χ1v) is 6.59. The quantitative estimate of drug-likeness (QED) is 0.747. The molecule has 0 fully saturated rings. The van der Waals surface area contributed by atoms with Crippen molar-refractivity contribution in [2.45, 2.75) is 6.61 Å². The van der Waals surface area contributed by atoms with Gasteiger partial charge in [0, 0.05) is 23.9 Å². The zero-order valence-electron chi connectivity index (χ0n) is 11.5. The van der Waals surface area contributed by atoms with E-state index in [1.165, 1.54) is 18.3 Å². The molecule has 0 aliphatic carbocycles. The molecule has 0 aliphatic rings. The molecule has 0 bridgehead atoms. The van der Waals surface area contributed by atoms with Crippen LogP contribution in [0.25, 0.3) is 11.3 Å². The molecule has 0 aliphatic heterocycles. The normalized spacial score (nSPS) is 10.4. The standard InChI is InChI=1S/C16H12N2O4/c19-15-7-6-12(9-17-15)16(20)21-10-13-8-14(22-18-13)11-4-2-1-3-5-11/h1-9H,10H2,(H,17,19). The van der Waals surface area contributed by atoms with E-state index in [0.29, 0.717) is 11.5 Å². The highest BCUT2D eigenvalue weighted by atomic mass is 16.5. The van der Waals surface area contributed by atoms with Gasteiger partial charge in [0.25, 0.3) is 0 Å². The van der Waals surface area contributed by atoms with Crippen LogP contribution in [0.5, 0.6) is 0 Å². The molecule has 6 nitrogen and oxygen atoms in total. The molecular weight excluding hydrogens is 284 g/mol. The zero-order valence-corrected chi connectivity index (χ0v) is 11.5. The van der Waals surface area contributed by atoms with Crippen molar-refractivity contribution in [3.05, 3.63) is 76.3 Å². The summed E-state index contributed by atoms with van der Waals surface area (Å²) in [4.78, 5) is 25.1. The number of hydrogen-bond donors (Lipinski definition) is 1. The Bertz CT molecular complexity index is 816. The van der Waals surface area contributed by atoms with Crippen LogP contribution in [-0.2, 0) is 11.3 Å². The number of hydrogen-bond acceptors (Lipinski definition) is 5. The van der Waals surface area contributed by atoms with Crippen molar-refractivity contribution in [3.8, 4) is 11.3 Å². The van der Waals surface area contributed by atoms with E-state index in [4.69, 9.17) is 9.26 Å². The maximum Gasteiger partial charge on any atom is 0.340 e. The van der Waals surface area contributed by atoms with E-state index in [1.54, 1.807) is 6.07 Å². The molecule has 0 radical (unpaired) electrons. The third-order valence-electron chi connectivity index (χ3n) is 2.99. The summed E-state index contributed by atoms with van der Waals surface area (Å²) in [5, 5.41) is 3.86. The van der Waals surface area contributed by atoms with Gasteiger partial charge in [-0.2, -0.15) is 0 Å². The summed E-state index contributed by atoms with van der Waals surface area (Å²) in [6.07, 6.45) is 1.31. The Morgan fingerprint density at radius 1 is 1.18 bits per heavy atom. The van der Waals surface area contributed by atoms with Gasteiger partial charge in [0.2, 0.25) is 5.56 Å². The van der Waals surface area contributed by atoms with Crippen LogP contribution in [0.15, 0.2) is 64.0 Å². The largest absolute Gasteiger partial charge is 0.455 e. The maximum atomic E-state index is 11.8. The van der Waals surface area contributed by atoms with Gasteiger partial charge in [0.15, 0.2) is 5.76 Å². The van der Waals surface area contributed by atoms with Gasteiger partial charge in [-0.25, -0.2) is 4.79 Å². The Morgan fingerprint density at radius 2 is 2.00 bits per heavy atom. The number of nitrogens with zero attached hydrogens (tertiary/aromatic N) is 1. The van der Waals surface area contributed by atoms with Crippen LogP contribution >= 0.6 is 0 Å². The van der Waals surface area contributed by atoms with Crippen molar-refractivity contribution < 1.29 is 14.1 Å². The highest BCUT2D eigenvalue weighted by Crippen LogP contribution is 2.20. The number of esters is 1. The lowest BCUT2D eigenvalue weighted by molar-refractivity contribution is 0.0464. The molecule has 0 saturated heterocycles. The molecule has 2 heterocycles. The topological polar surface area (TPSA) is 85.2 Å². The fourth-order valence-corrected chi connectivity index (χ4v) is 1.88. The molecular formula is C16H12N2O4. The number of aromatic amines is 1. The van der Waals surface area contributed by atoms with Crippen molar-refractivity contribution in [1.29, 1.82) is 0 Å². The second-order valence-corrected chi connectivity index (χ2v) is 4.57. The molecule has 110 valence electrons. The average molecular weight is 296 g/mol. The lowest BCUT2D eigenvalue weighted by Crippen LogP contribution is -2.09. The van der Waals surface area contributed by atoms with E-state index in [0.717, 1.165) is 5.56 Å². The Balaban J connectivity index is 1.65. The van der Waals surface area contributed by atoms with Crippen LogP contribution in [-0.4, -0.2) is 16.1 Å². The number of H-pyrrole nitrogens is 1. The molecule has 0 atom stereocenters. The summed E-state index contributed by atoms with van der Waals surface area (Å²) < 4.78 is 10.3. The summed E-state index contributed by atoms with van der Waals surface area (Å²) in [6, 6.07) is 13.9. The van der Waals surface area contributed by atoms with Crippen molar-refractivity contribution in [2.24, 2.45) is 0 Å². The number of nitrogens with one attached hydrogen (secondary N) is 1. The van der Waals surface area contributed by atoms with Crippen LogP contribution < -0.4 is 5.56 Å². The first kappa shape index (κ1) is 13.8. The van der Waals surface area contributed by atoms with E-state index >= 15 is 0 Å². The summed E-state index contributed by atoms with van der Waals surface area (Å²) in [5.41, 5.74) is 1.40. The Labute approximate surface area is 125 Å². The summed E-state index contributed by atoms with van der Waals surface area (Å²) in [6.45, 7) is -0.00566. The minimum Gasteiger partial charge on any atom is -0.455 e. The van der Waals surface area contributed by atoms with Gasteiger partial charge < -0.3 is 14.2 Å². The third kappa shape index (κ3) is 3.12. The van der Waals surface area contributed by atoms with Gasteiger partial charge >= 0.3 is 5.97 Å². The summed E-state index contributed by atoms with van der Waals surface area (Å²) in [5.74, 6) is 0.0659. The highest BCUT2D eigenvalue weighted by Gasteiger charge is 2.11. The van der Waals surface area contributed by atoms with E-state index < -0.39 is 5.97 Å². The summed E-state index contributed by atoms with van der Waals surface area (Å²) >= 11 is 0. The lowest BCUT2D eigenvalue weighted by Gasteiger charge is -2.01. The van der Waals surface area contributed by atoms with Crippen molar-refractivity contribution in [2.75, 3.05) is 0 Å². The molecule has 2 aromatic heterocycles. The van der Waals surface area contributed by atoms with Crippen LogP contribution in [0.2, 0.25) is 0 Å². The van der Waals surface area contributed by atoms with Crippen molar-refractivity contribution in [3.63, 3.8) is 0 Å². The minimum absolute atomic E-state index is 0.00566. The average Bonchev–Trinajstić information content (AvgIpc) is 3.03. The Kier molecular flexibility index (Phi) is 3.82. The third-order valence-corrected chi connectivity index (χ3v) is 2.99. The van der Waals surface area contributed by atoms with Gasteiger partial charge in [-0.15, -0.1) is 0 Å². The molecule has 3 rings (SSSR count). The van der Waals surface area contributed by atoms with Crippen LogP contribution in [0.1, 0.15) is 16.1 Å². The number of rotatable bonds is 4. The van der Waals surface area contributed by atoms with Gasteiger partial charge in [0.05, 0.1) is 5.56 Å². The first-order chi connectivity index (χ1) is 10.7. The van der Waals surface area contributed by atoms with E-state index in [2.05, 4.69) is 10.1 Å². The predicted octanol–water partition coefficient (Wildman–Crippen LogP) is 2.39. The number of carbonyl (C=O) groups is 1. The smallest absolute Gasteiger partial charge is 0.340 e. The highest BCUT2D eigenvalue weighted by molar-refractivity contribution is 5.88. The molecule has 1 aromatic carbocycles. The number of benzene rings is 1. The second-order valence-electron chi connectivity index (χ2n) is 4.57. The molecule has 1 N–H and O–H groups in total. The molecule has 22 heavy (non-hydrogen) atoms. The number of ether oxygens (including phenoxy) is 1. The van der Waals surface area contributed by atoms with Crippen LogP contribution in [0.3, 0.4) is 0 Å². The Hall–Kier alpha value is -3.15. The van der Waals surface area contributed by atoms with Crippen molar-refractivity contribution >= 4 is 5.97 Å². The van der Waals surface area contributed by atoms with Gasteiger partial charge in [-0.05, 0) is 6.07 Å². The van der Waals surface area contributed by atoms with Gasteiger partial charge in [-0.1, -0.05) is 35.5 Å². The number of pyridine rings is 1.